The molecular weight excluding hydrogens is 251 g/mol. The smallest absolute Gasteiger partial charge is 0.0361 e. The summed E-state index contributed by atoms with van der Waals surface area (Å²) in [5.41, 5.74) is 1.88. The van der Waals surface area contributed by atoms with Gasteiger partial charge in [-0.25, -0.2) is 0 Å². The van der Waals surface area contributed by atoms with Gasteiger partial charge in [-0.2, -0.15) is 0 Å². The van der Waals surface area contributed by atoms with Gasteiger partial charge in [0.1, 0.15) is 0 Å². The van der Waals surface area contributed by atoms with Crippen molar-refractivity contribution < 1.29 is 0 Å². The van der Waals surface area contributed by atoms with Crippen LogP contribution < -0.4 is 0 Å². The van der Waals surface area contributed by atoms with Gasteiger partial charge in [0.25, 0.3) is 0 Å². The fourth-order valence-corrected chi connectivity index (χ4v) is 1.15. The quantitative estimate of drug-likeness (QED) is 0.642. The lowest BCUT2D eigenvalue weighted by Gasteiger charge is -1.95. The summed E-state index contributed by atoms with van der Waals surface area (Å²) >= 11 is 2.15. The van der Waals surface area contributed by atoms with Crippen LogP contribution in [0.1, 0.15) is 11.1 Å². The third-order valence-corrected chi connectivity index (χ3v) is 1.64. The van der Waals surface area contributed by atoms with Crippen LogP contribution in [0, 0.1) is 5.41 Å². The Kier molecular flexibility index (Phi) is 3.22. The summed E-state index contributed by atoms with van der Waals surface area (Å²) in [6, 6.07) is 1.88. The summed E-state index contributed by atoms with van der Waals surface area (Å²) in [6.07, 6.45) is 6.65. The Morgan fingerprint density at radius 3 is 2.91 bits per heavy atom. The molecule has 56 valence electrons. The second kappa shape index (κ2) is 4.23. The zero-order valence-electron chi connectivity index (χ0n) is 5.79. The first kappa shape index (κ1) is 8.39. The van der Waals surface area contributed by atoms with Gasteiger partial charge in [-0.15, -0.1) is 0 Å². The van der Waals surface area contributed by atoms with Gasteiger partial charge in [0, 0.05) is 24.2 Å². The Labute approximate surface area is 79.0 Å². The van der Waals surface area contributed by atoms with E-state index in [4.69, 9.17) is 5.41 Å². The van der Waals surface area contributed by atoms with Gasteiger partial charge >= 0.3 is 0 Å². The fourth-order valence-electron chi connectivity index (χ4n) is 0.758. The maximum Gasteiger partial charge on any atom is 0.0361 e. The number of nitrogens with zero attached hydrogens (tertiary/aromatic N) is 1. The van der Waals surface area contributed by atoms with Crippen molar-refractivity contribution in [2.45, 2.75) is 0 Å². The number of pyridine rings is 1. The molecule has 1 heterocycles. The lowest BCUT2D eigenvalue weighted by molar-refractivity contribution is 1.31. The Hall–Kier alpha value is -0.710. The molecule has 1 N–H and O–H groups in total. The second-order valence-corrected chi connectivity index (χ2v) is 2.66. The SMILES string of the molecule is N=Cc1cnccc1/C=C\I. The first-order valence-corrected chi connectivity index (χ1v) is 4.34. The Morgan fingerprint density at radius 1 is 1.45 bits per heavy atom. The largest absolute Gasteiger partial charge is 0.308 e. The summed E-state index contributed by atoms with van der Waals surface area (Å²) in [5, 5.41) is 7.06. The minimum Gasteiger partial charge on any atom is -0.308 e. The average Bonchev–Trinajstić information content (AvgIpc) is 2.06. The molecule has 0 aliphatic heterocycles. The van der Waals surface area contributed by atoms with Crippen LogP contribution in [0.5, 0.6) is 0 Å². The van der Waals surface area contributed by atoms with Crippen molar-refractivity contribution in [3.05, 3.63) is 33.7 Å². The van der Waals surface area contributed by atoms with Gasteiger partial charge in [0.15, 0.2) is 0 Å². The summed E-state index contributed by atoms with van der Waals surface area (Å²) in [4.78, 5) is 3.91. The summed E-state index contributed by atoms with van der Waals surface area (Å²) in [7, 11) is 0. The molecule has 2 nitrogen and oxygen atoms in total. The maximum atomic E-state index is 7.06. The van der Waals surface area contributed by atoms with E-state index in [-0.39, 0.29) is 0 Å². The summed E-state index contributed by atoms with van der Waals surface area (Å²) in [5.74, 6) is 0. The zero-order chi connectivity index (χ0) is 8.10. The molecule has 1 aromatic rings. The van der Waals surface area contributed by atoms with Crippen molar-refractivity contribution >= 4 is 34.9 Å². The molecule has 0 amide bonds. The second-order valence-electron chi connectivity index (χ2n) is 1.94. The van der Waals surface area contributed by atoms with Gasteiger partial charge in [-0.05, 0) is 21.8 Å². The first-order chi connectivity index (χ1) is 5.38. The predicted molar refractivity (Wildman–Crippen MR) is 55.2 cm³/mol. The monoisotopic (exact) mass is 258 g/mol. The van der Waals surface area contributed by atoms with E-state index in [9.17, 15) is 0 Å². The van der Waals surface area contributed by atoms with E-state index in [1.165, 1.54) is 6.21 Å². The van der Waals surface area contributed by atoms with E-state index >= 15 is 0 Å². The maximum absolute atomic E-state index is 7.06. The zero-order valence-corrected chi connectivity index (χ0v) is 7.95. The van der Waals surface area contributed by atoms with Crippen molar-refractivity contribution in [3.63, 3.8) is 0 Å². The van der Waals surface area contributed by atoms with E-state index < -0.39 is 0 Å². The molecule has 0 unspecified atom stereocenters. The molecule has 0 atom stereocenters. The number of halogens is 1. The van der Waals surface area contributed by atoms with E-state index in [0.29, 0.717) is 0 Å². The summed E-state index contributed by atoms with van der Waals surface area (Å²) < 4.78 is 1.92. The molecule has 1 aromatic heterocycles. The highest BCUT2D eigenvalue weighted by Crippen LogP contribution is 2.07. The highest BCUT2D eigenvalue weighted by atomic mass is 127. The Morgan fingerprint density at radius 2 is 2.27 bits per heavy atom. The molecular formula is C8H7IN2. The first-order valence-electron chi connectivity index (χ1n) is 3.09. The number of nitrogens with one attached hydrogen (secondary N) is 1. The predicted octanol–water partition coefficient (Wildman–Crippen LogP) is 2.48. The van der Waals surface area contributed by atoms with E-state index in [0.717, 1.165) is 11.1 Å². The van der Waals surface area contributed by atoms with Gasteiger partial charge in [-0.1, -0.05) is 22.6 Å². The van der Waals surface area contributed by atoms with Crippen LogP contribution in [-0.2, 0) is 0 Å². The van der Waals surface area contributed by atoms with Gasteiger partial charge < -0.3 is 5.41 Å². The average molecular weight is 258 g/mol. The topological polar surface area (TPSA) is 36.7 Å². The van der Waals surface area contributed by atoms with Gasteiger partial charge in [-0.3, -0.25) is 4.98 Å². The molecule has 0 fully saturated rings. The number of hydrogen-bond acceptors (Lipinski definition) is 2. The van der Waals surface area contributed by atoms with Crippen molar-refractivity contribution in [2.75, 3.05) is 0 Å². The van der Waals surface area contributed by atoms with Crippen LogP contribution in [0.4, 0.5) is 0 Å². The third kappa shape index (κ3) is 2.11. The van der Waals surface area contributed by atoms with Gasteiger partial charge in [0.05, 0.1) is 0 Å². The van der Waals surface area contributed by atoms with Gasteiger partial charge in [0.2, 0.25) is 0 Å². The molecule has 0 spiro atoms. The van der Waals surface area contributed by atoms with Crippen molar-refractivity contribution in [1.29, 1.82) is 5.41 Å². The number of hydrogen-bond donors (Lipinski definition) is 1. The normalized spacial score (nSPS) is 10.3. The fraction of sp³-hybridized carbons (Fsp3) is 0. The van der Waals surface area contributed by atoms with E-state index in [2.05, 4.69) is 27.6 Å². The molecule has 0 aromatic carbocycles. The van der Waals surface area contributed by atoms with Crippen LogP contribution in [-0.4, -0.2) is 11.2 Å². The molecule has 0 aliphatic carbocycles. The van der Waals surface area contributed by atoms with Crippen LogP contribution in [0.2, 0.25) is 0 Å². The van der Waals surface area contributed by atoms with Crippen LogP contribution in [0.25, 0.3) is 6.08 Å². The highest BCUT2D eigenvalue weighted by Gasteiger charge is 1.92. The molecule has 1 rings (SSSR count). The van der Waals surface area contributed by atoms with E-state index in [1.54, 1.807) is 12.4 Å². The lowest BCUT2D eigenvalue weighted by atomic mass is 10.1. The summed E-state index contributed by atoms with van der Waals surface area (Å²) in [6.45, 7) is 0. The molecule has 0 saturated heterocycles. The molecule has 0 aliphatic rings. The van der Waals surface area contributed by atoms with Crippen LogP contribution in [0.15, 0.2) is 22.5 Å². The van der Waals surface area contributed by atoms with Crippen molar-refractivity contribution in [2.24, 2.45) is 0 Å². The number of rotatable bonds is 2. The third-order valence-electron chi connectivity index (χ3n) is 1.29. The molecule has 0 bridgehead atoms. The highest BCUT2D eigenvalue weighted by molar-refractivity contribution is 14.1. The van der Waals surface area contributed by atoms with E-state index in [1.807, 2.05) is 16.2 Å². The van der Waals surface area contributed by atoms with Crippen LogP contribution in [0.3, 0.4) is 0 Å². The van der Waals surface area contributed by atoms with Crippen LogP contribution >= 0.6 is 22.6 Å². The van der Waals surface area contributed by atoms with Crippen molar-refractivity contribution in [1.82, 2.24) is 4.98 Å². The molecule has 0 saturated carbocycles. The number of aromatic nitrogens is 1. The standard InChI is InChI=1S/C8H7IN2/c9-3-1-7-2-4-11-6-8(7)5-10/h1-6,10H/b3-1-,10-5?. The Bertz CT molecular complexity index is 281. The van der Waals surface area contributed by atoms with Crippen molar-refractivity contribution in [3.8, 4) is 0 Å². The minimum absolute atomic E-state index is 0.848. The molecule has 3 heteroatoms. The Balaban J connectivity index is 3.11. The lowest BCUT2D eigenvalue weighted by Crippen LogP contribution is -1.86. The molecule has 0 radical (unpaired) electrons. The minimum atomic E-state index is 0.848. The molecule has 11 heavy (non-hydrogen) atoms.